The molecule has 0 bridgehead atoms. The minimum absolute atomic E-state index is 0.0192. The fourth-order valence-corrected chi connectivity index (χ4v) is 4.50. The van der Waals surface area contributed by atoms with Gasteiger partial charge in [0.25, 0.3) is 11.6 Å². The Labute approximate surface area is 171 Å². The monoisotopic (exact) mass is 412 g/mol. The van der Waals surface area contributed by atoms with Gasteiger partial charge in [0.15, 0.2) is 5.16 Å². The molecule has 29 heavy (non-hydrogen) atoms. The molecule has 10 heteroatoms. The van der Waals surface area contributed by atoms with Crippen LogP contribution in [0.1, 0.15) is 34.9 Å². The zero-order valence-corrected chi connectivity index (χ0v) is 16.9. The number of benzene rings is 1. The van der Waals surface area contributed by atoms with Crippen LogP contribution in [-0.2, 0) is 14.1 Å². The molecular weight excluding hydrogens is 392 g/mol. The summed E-state index contributed by atoms with van der Waals surface area (Å²) < 4.78 is 3.70. The minimum Gasteiger partial charge on any atom is -0.353 e. The van der Waals surface area contributed by atoms with Crippen molar-refractivity contribution in [3.63, 3.8) is 0 Å². The van der Waals surface area contributed by atoms with E-state index in [9.17, 15) is 14.9 Å². The van der Waals surface area contributed by atoms with Crippen LogP contribution >= 0.6 is 11.8 Å². The molecule has 0 saturated carbocycles. The van der Waals surface area contributed by atoms with Crippen LogP contribution in [-0.4, -0.2) is 41.6 Å². The molecule has 2 aromatic heterocycles. The Balaban J connectivity index is 1.63. The number of aryl methyl sites for hydroxylation is 2. The molecule has 1 aromatic carbocycles. The van der Waals surface area contributed by atoms with Crippen molar-refractivity contribution in [1.82, 2.24) is 24.2 Å². The number of carbonyl (C=O) groups is 1. The lowest BCUT2D eigenvalue weighted by Crippen LogP contribution is -2.31. The van der Waals surface area contributed by atoms with Gasteiger partial charge in [0, 0.05) is 44.2 Å². The highest BCUT2D eigenvalue weighted by molar-refractivity contribution is 7.99. The molecule has 1 aliphatic heterocycles. The first kappa shape index (κ1) is 19.2. The van der Waals surface area contributed by atoms with Crippen LogP contribution in [0.25, 0.3) is 0 Å². The summed E-state index contributed by atoms with van der Waals surface area (Å²) in [6, 6.07) is 8.57. The molecule has 0 N–H and O–H groups in total. The maximum Gasteiger partial charge on any atom is 0.284 e. The Morgan fingerprint density at radius 1 is 1.28 bits per heavy atom. The van der Waals surface area contributed by atoms with Gasteiger partial charge in [-0.2, -0.15) is 0 Å². The minimum atomic E-state index is -0.464. The van der Waals surface area contributed by atoms with Gasteiger partial charge in [-0.15, -0.1) is 10.2 Å². The Kier molecular flexibility index (Phi) is 5.10. The third-order valence-corrected chi connectivity index (χ3v) is 6.23. The van der Waals surface area contributed by atoms with Crippen LogP contribution in [0.3, 0.4) is 0 Å². The number of likely N-dealkylation sites (tertiary alicyclic amines) is 1. The zero-order valence-electron chi connectivity index (χ0n) is 16.1. The molecule has 150 valence electrons. The van der Waals surface area contributed by atoms with Crippen LogP contribution in [0, 0.1) is 10.1 Å². The second kappa shape index (κ2) is 7.70. The van der Waals surface area contributed by atoms with Gasteiger partial charge in [-0.05, 0) is 48.9 Å². The van der Waals surface area contributed by atoms with Gasteiger partial charge in [-0.1, -0.05) is 0 Å². The largest absolute Gasteiger partial charge is 0.353 e. The van der Waals surface area contributed by atoms with Crippen LogP contribution < -0.4 is 0 Å². The molecule has 0 aliphatic carbocycles. The predicted molar refractivity (Wildman–Crippen MR) is 107 cm³/mol. The smallest absolute Gasteiger partial charge is 0.284 e. The molecule has 1 fully saturated rings. The molecule has 1 aliphatic rings. The first-order valence-corrected chi connectivity index (χ1v) is 10.00. The van der Waals surface area contributed by atoms with Crippen molar-refractivity contribution in [1.29, 1.82) is 0 Å². The summed E-state index contributed by atoms with van der Waals surface area (Å²) in [5, 5.41) is 19.9. The fourth-order valence-electron chi connectivity index (χ4n) is 3.65. The molecule has 1 unspecified atom stereocenters. The number of amides is 1. The fraction of sp³-hybridized carbons (Fsp3) is 0.316. The van der Waals surface area contributed by atoms with Crippen molar-refractivity contribution in [2.75, 3.05) is 6.54 Å². The van der Waals surface area contributed by atoms with E-state index < -0.39 is 4.92 Å². The normalized spacial score (nSPS) is 16.3. The van der Waals surface area contributed by atoms with Gasteiger partial charge < -0.3 is 14.0 Å². The van der Waals surface area contributed by atoms with Crippen molar-refractivity contribution in [2.45, 2.75) is 28.9 Å². The molecule has 1 saturated heterocycles. The Bertz CT molecular complexity index is 1080. The molecule has 1 amide bonds. The van der Waals surface area contributed by atoms with E-state index in [4.69, 9.17) is 0 Å². The van der Waals surface area contributed by atoms with Gasteiger partial charge >= 0.3 is 0 Å². The lowest BCUT2D eigenvalue weighted by molar-refractivity contribution is -0.387. The Hall–Kier alpha value is -3.14. The highest BCUT2D eigenvalue weighted by Gasteiger charge is 2.33. The number of hydrogen-bond acceptors (Lipinski definition) is 6. The van der Waals surface area contributed by atoms with E-state index in [1.54, 1.807) is 23.7 Å². The summed E-state index contributed by atoms with van der Waals surface area (Å²) in [5.41, 5.74) is 1.28. The van der Waals surface area contributed by atoms with Gasteiger partial charge in [0.1, 0.15) is 6.33 Å². The van der Waals surface area contributed by atoms with Crippen molar-refractivity contribution in [3.05, 3.63) is 64.2 Å². The van der Waals surface area contributed by atoms with Crippen LogP contribution in [0.15, 0.2) is 52.9 Å². The summed E-state index contributed by atoms with van der Waals surface area (Å²) in [6.45, 7) is 0.637. The SMILES string of the molecule is Cn1cccc1C1CCCN1C(=O)c1ccc(Sc2nncn2C)c([N+](=O)[O-])c1. The second-order valence-electron chi connectivity index (χ2n) is 6.97. The van der Waals surface area contributed by atoms with Crippen molar-refractivity contribution >= 4 is 23.4 Å². The van der Waals surface area contributed by atoms with Gasteiger partial charge in [-0.3, -0.25) is 14.9 Å². The maximum atomic E-state index is 13.2. The van der Waals surface area contributed by atoms with Crippen molar-refractivity contribution < 1.29 is 9.72 Å². The highest BCUT2D eigenvalue weighted by Crippen LogP contribution is 2.36. The molecule has 0 radical (unpaired) electrons. The first-order chi connectivity index (χ1) is 14.0. The first-order valence-electron chi connectivity index (χ1n) is 9.18. The maximum absolute atomic E-state index is 13.2. The quantitative estimate of drug-likeness (QED) is 0.471. The zero-order chi connectivity index (χ0) is 20.5. The standard InChI is InChI=1S/C19H20N6O3S/c1-22-9-3-5-14(22)15-6-4-10-24(15)18(26)13-7-8-17(16(11-13)25(27)28)29-19-21-20-12-23(19)2/h3,5,7-9,11-12,15H,4,6,10H2,1-2H3. The number of carbonyl (C=O) groups excluding carboxylic acids is 1. The van der Waals surface area contributed by atoms with Crippen molar-refractivity contribution in [2.24, 2.45) is 14.1 Å². The van der Waals surface area contributed by atoms with Gasteiger partial charge in [0.2, 0.25) is 0 Å². The molecule has 0 spiro atoms. The summed E-state index contributed by atoms with van der Waals surface area (Å²) >= 11 is 1.15. The van der Waals surface area contributed by atoms with Crippen LogP contribution in [0.5, 0.6) is 0 Å². The summed E-state index contributed by atoms with van der Waals surface area (Å²) in [4.78, 5) is 26.6. The number of nitro groups is 1. The van der Waals surface area contributed by atoms with E-state index in [1.165, 1.54) is 12.4 Å². The highest BCUT2D eigenvalue weighted by atomic mass is 32.2. The number of rotatable bonds is 5. The third kappa shape index (κ3) is 3.63. The number of hydrogen-bond donors (Lipinski definition) is 0. The van der Waals surface area contributed by atoms with Crippen LogP contribution in [0.2, 0.25) is 0 Å². The average Bonchev–Trinajstić information content (AvgIpc) is 3.43. The second-order valence-corrected chi connectivity index (χ2v) is 7.98. The number of aromatic nitrogens is 4. The lowest BCUT2D eigenvalue weighted by atomic mass is 10.1. The lowest BCUT2D eigenvalue weighted by Gasteiger charge is -2.25. The average molecular weight is 412 g/mol. The van der Waals surface area contributed by atoms with E-state index in [1.807, 2.05) is 34.8 Å². The van der Waals surface area contributed by atoms with Crippen LogP contribution in [0.4, 0.5) is 5.69 Å². The van der Waals surface area contributed by atoms with E-state index in [0.717, 1.165) is 30.3 Å². The summed E-state index contributed by atoms with van der Waals surface area (Å²) in [6.07, 6.45) is 5.28. The molecule has 3 heterocycles. The number of nitrogens with zero attached hydrogens (tertiary/aromatic N) is 6. The van der Waals surface area contributed by atoms with Crippen molar-refractivity contribution in [3.8, 4) is 0 Å². The van der Waals surface area contributed by atoms with E-state index in [2.05, 4.69) is 10.2 Å². The predicted octanol–water partition coefficient (Wildman–Crippen LogP) is 3.19. The van der Waals surface area contributed by atoms with Gasteiger partial charge in [-0.25, -0.2) is 0 Å². The molecule has 4 rings (SSSR count). The van der Waals surface area contributed by atoms with Gasteiger partial charge in [0.05, 0.1) is 15.9 Å². The molecule has 9 nitrogen and oxygen atoms in total. The molecular formula is C19H20N6O3S. The topological polar surface area (TPSA) is 99.1 Å². The number of nitro benzene ring substituents is 1. The Morgan fingerprint density at radius 2 is 2.10 bits per heavy atom. The Morgan fingerprint density at radius 3 is 2.76 bits per heavy atom. The summed E-state index contributed by atoms with van der Waals surface area (Å²) in [7, 11) is 3.73. The molecule has 3 aromatic rings. The third-order valence-electron chi connectivity index (χ3n) is 5.11. The van der Waals surface area contributed by atoms with E-state index >= 15 is 0 Å². The molecule has 1 atom stereocenters. The van der Waals surface area contributed by atoms with E-state index in [-0.39, 0.29) is 17.6 Å². The van der Waals surface area contributed by atoms with E-state index in [0.29, 0.717) is 22.2 Å². The summed E-state index contributed by atoms with van der Waals surface area (Å²) in [5.74, 6) is -0.188.